The van der Waals surface area contributed by atoms with Crippen molar-refractivity contribution in [1.29, 1.82) is 0 Å². The Morgan fingerprint density at radius 1 is 1.18 bits per heavy atom. The van der Waals surface area contributed by atoms with E-state index in [0.29, 0.717) is 34.4 Å². The quantitative estimate of drug-likeness (QED) is 0.389. The Hall–Kier alpha value is -3.96. The molecule has 1 aromatic carbocycles. The molecule has 3 aromatic heterocycles. The fourth-order valence-electron chi connectivity index (χ4n) is 6.98. The Kier molecular flexibility index (Phi) is 5.18. The highest BCUT2D eigenvalue weighted by atomic mass is 19.3. The van der Waals surface area contributed by atoms with E-state index in [1.165, 1.54) is 18.2 Å². The van der Waals surface area contributed by atoms with E-state index in [0.717, 1.165) is 11.1 Å². The van der Waals surface area contributed by atoms with Gasteiger partial charge in [0, 0.05) is 47.6 Å². The fraction of sp³-hybridized carbons (Fsp3) is 0.345. The molecule has 4 heterocycles. The van der Waals surface area contributed by atoms with Gasteiger partial charge < -0.3 is 20.5 Å². The van der Waals surface area contributed by atoms with E-state index in [1.807, 2.05) is 6.07 Å². The highest BCUT2D eigenvalue weighted by Gasteiger charge is 2.52. The summed E-state index contributed by atoms with van der Waals surface area (Å²) >= 11 is 0. The second-order valence-electron chi connectivity index (χ2n) is 11.4. The van der Waals surface area contributed by atoms with Crippen molar-refractivity contribution in [3.63, 3.8) is 0 Å². The predicted octanol–water partition coefficient (Wildman–Crippen LogP) is 4.50. The number of nitrogens with zero attached hydrogens (tertiary/aromatic N) is 4. The molecule has 40 heavy (non-hydrogen) atoms. The number of aromatic nitrogens is 3. The number of ether oxygens (including phenoxy) is 1. The highest BCUT2D eigenvalue weighted by molar-refractivity contribution is 5.98. The van der Waals surface area contributed by atoms with Crippen LogP contribution in [0.1, 0.15) is 71.0 Å². The van der Waals surface area contributed by atoms with E-state index in [9.17, 15) is 18.7 Å². The third-order valence-electron chi connectivity index (χ3n) is 8.51. The van der Waals surface area contributed by atoms with Gasteiger partial charge in [-0.25, -0.2) is 8.91 Å². The molecule has 0 saturated heterocycles. The topological polar surface area (TPSA) is 106 Å². The number of benzene rings is 1. The highest BCUT2D eigenvalue weighted by Crippen LogP contribution is 2.53. The van der Waals surface area contributed by atoms with Gasteiger partial charge >= 0.3 is 6.61 Å². The van der Waals surface area contributed by atoms with E-state index in [4.69, 9.17) is 15.6 Å². The maximum Gasteiger partial charge on any atom is 0.387 e. The van der Waals surface area contributed by atoms with Crippen LogP contribution < -0.4 is 10.5 Å². The summed E-state index contributed by atoms with van der Waals surface area (Å²) in [7, 11) is 1.69. The number of rotatable bonds is 4. The lowest BCUT2D eigenvalue weighted by Gasteiger charge is -2.48. The summed E-state index contributed by atoms with van der Waals surface area (Å²) in [4.78, 5) is 19.2. The molecule has 8 nitrogen and oxygen atoms in total. The molecule has 7 rings (SSSR count). The summed E-state index contributed by atoms with van der Waals surface area (Å²) in [5, 5.41) is 14.9. The van der Waals surface area contributed by atoms with Gasteiger partial charge in [0.25, 0.3) is 5.91 Å². The van der Waals surface area contributed by atoms with Gasteiger partial charge in [-0.1, -0.05) is 6.07 Å². The molecular weight excluding hydrogens is 523 g/mol. The van der Waals surface area contributed by atoms with Crippen LogP contribution >= 0.6 is 0 Å². The molecule has 2 aliphatic carbocycles. The molecule has 4 aromatic rings. The van der Waals surface area contributed by atoms with E-state index < -0.39 is 29.5 Å². The zero-order valence-corrected chi connectivity index (χ0v) is 21.7. The third-order valence-corrected chi connectivity index (χ3v) is 8.51. The number of carbonyl (C=O) groups excluding carboxylic acids is 1. The Bertz CT molecular complexity index is 1710. The van der Waals surface area contributed by atoms with Crippen molar-refractivity contribution >= 4 is 11.4 Å². The average Bonchev–Trinajstić information content (AvgIpc) is 3.40. The lowest BCUT2D eigenvalue weighted by atomic mass is 9.64. The van der Waals surface area contributed by atoms with Gasteiger partial charge in [-0.3, -0.25) is 9.78 Å². The number of nitrogens with two attached hydrogens (primary N) is 1. The van der Waals surface area contributed by atoms with Crippen molar-refractivity contribution in [2.45, 2.75) is 55.9 Å². The van der Waals surface area contributed by atoms with Crippen LogP contribution in [0.4, 0.5) is 13.2 Å². The van der Waals surface area contributed by atoms with Crippen molar-refractivity contribution in [3.05, 3.63) is 82.7 Å². The third kappa shape index (κ3) is 3.57. The van der Waals surface area contributed by atoms with Gasteiger partial charge in [-0.05, 0) is 62.1 Å². The lowest BCUT2D eigenvalue weighted by molar-refractivity contribution is -0.0764. The summed E-state index contributed by atoms with van der Waals surface area (Å²) in [5.74, 6) is -1.27. The van der Waals surface area contributed by atoms with Gasteiger partial charge in [0.2, 0.25) is 0 Å². The number of aliphatic hydroxyl groups is 1. The number of pyridine rings is 2. The molecule has 1 fully saturated rings. The van der Waals surface area contributed by atoms with Crippen LogP contribution in [0.2, 0.25) is 0 Å². The molecule has 2 unspecified atom stereocenters. The number of hydrogen-bond acceptors (Lipinski definition) is 6. The monoisotopic (exact) mass is 549 g/mol. The Balaban J connectivity index is 1.34. The van der Waals surface area contributed by atoms with Gasteiger partial charge in [-0.15, -0.1) is 0 Å². The Morgan fingerprint density at radius 2 is 1.95 bits per heavy atom. The average molecular weight is 550 g/mol. The maximum absolute atomic E-state index is 15.2. The molecule has 0 spiro atoms. The standard InChI is InChI=1S/C29H26F3N5O3/c1-28(39)12-29(33,13-28)25-18(30)8-15(11-34-25)14-6-7-37-19(9-14)23-17-10-20(24(23)35-37)36(2)26(38)16-4-3-5-21(22(16)17)40-27(31)32/h3-9,11,17,20,27,39H,10,12-13,33H2,1-2H3. The van der Waals surface area contributed by atoms with Crippen LogP contribution in [0.15, 0.2) is 48.8 Å². The van der Waals surface area contributed by atoms with E-state index in [-0.39, 0.29) is 36.2 Å². The number of fused-ring (bicyclic) bond motifs is 9. The molecule has 2 bridgehead atoms. The minimum Gasteiger partial charge on any atom is -0.434 e. The van der Waals surface area contributed by atoms with E-state index in [1.54, 1.807) is 47.9 Å². The second kappa shape index (κ2) is 8.28. The molecular formula is C29H26F3N5O3. The lowest BCUT2D eigenvalue weighted by Crippen LogP contribution is -2.59. The van der Waals surface area contributed by atoms with Crippen LogP contribution in [0.25, 0.3) is 16.6 Å². The molecule has 11 heteroatoms. The number of halogens is 3. The molecule has 3 aliphatic rings. The Labute approximate surface area is 227 Å². The Morgan fingerprint density at radius 3 is 2.65 bits per heavy atom. The van der Waals surface area contributed by atoms with Gasteiger partial charge in [0.15, 0.2) is 0 Å². The molecule has 2 atom stereocenters. The first-order valence-electron chi connectivity index (χ1n) is 13.0. The minimum atomic E-state index is -3.04. The van der Waals surface area contributed by atoms with Gasteiger partial charge in [-0.2, -0.15) is 13.9 Å². The molecule has 3 N–H and O–H groups in total. The van der Waals surface area contributed by atoms with Crippen LogP contribution in [0.5, 0.6) is 5.75 Å². The summed E-state index contributed by atoms with van der Waals surface area (Å²) < 4.78 is 48.5. The molecule has 206 valence electrons. The maximum atomic E-state index is 15.2. The van der Waals surface area contributed by atoms with Crippen LogP contribution in [0.3, 0.4) is 0 Å². The van der Waals surface area contributed by atoms with Crippen LogP contribution in [0, 0.1) is 5.82 Å². The SMILES string of the molecule is CN1C(=O)c2cccc(OC(F)F)c2C2CC1c1nn3ccc(-c4cnc(C5(N)CC(C)(O)C5)c(F)c4)cc3c12. The van der Waals surface area contributed by atoms with Crippen molar-refractivity contribution < 1.29 is 27.8 Å². The molecule has 1 amide bonds. The predicted molar refractivity (Wildman–Crippen MR) is 138 cm³/mol. The number of alkyl halides is 2. The van der Waals surface area contributed by atoms with Crippen LogP contribution in [-0.4, -0.2) is 49.8 Å². The normalized spacial score (nSPS) is 27.0. The fourth-order valence-corrected chi connectivity index (χ4v) is 6.98. The smallest absolute Gasteiger partial charge is 0.387 e. The first kappa shape index (κ1) is 25.0. The number of amides is 1. The number of carbonyl (C=O) groups is 1. The van der Waals surface area contributed by atoms with Crippen molar-refractivity contribution in [2.75, 3.05) is 7.05 Å². The largest absolute Gasteiger partial charge is 0.434 e. The second-order valence-corrected chi connectivity index (χ2v) is 11.4. The first-order valence-corrected chi connectivity index (χ1v) is 13.0. The van der Waals surface area contributed by atoms with Crippen molar-refractivity contribution in [1.82, 2.24) is 19.5 Å². The molecule has 1 saturated carbocycles. The zero-order chi connectivity index (χ0) is 28.1. The summed E-state index contributed by atoms with van der Waals surface area (Å²) in [5.41, 5.74) is 8.66. The van der Waals surface area contributed by atoms with E-state index in [2.05, 4.69) is 4.98 Å². The van der Waals surface area contributed by atoms with Crippen LogP contribution in [-0.2, 0) is 5.54 Å². The summed E-state index contributed by atoms with van der Waals surface area (Å²) in [6.45, 7) is -1.38. The van der Waals surface area contributed by atoms with Gasteiger partial charge in [0.1, 0.15) is 11.6 Å². The molecule has 1 aliphatic heterocycles. The van der Waals surface area contributed by atoms with E-state index >= 15 is 4.39 Å². The molecule has 0 radical (unpaired) electrons. The van der Waals surface area contributed by atoms with Crippen molar-refractivity contribution in [2.24, 2.45) is 5.73 Å². The van der Waals surface area contributed by atoms with Gasteiger partial charge in [0.05, 0.1) is 34.1 Å². The zero-order valence-electron chi connectivity index (χ0n) is 21.7. The summed E-state index contributed by atoms with van der Waals surface area (Å²) in [6, 6.07) is 9.31. The summed E-state index contributed by atoms with van der Waals surface area (Å²) in [6.07, 6.45) is 4.22. The van der Waals surface area contributed by atoms with Crippen molar-refractivity contribution in [3.8, 4) is 16.9 Å². The number of hydrogen-bond donors (Lipinski definition) is 2. The first-order chi connectivity index (χ1) is 19.0. The minimum absolute atomic E-state index is 0.0317.